The molecule has 2 rings (SSSR count). The number of amides is 1. The number of piperidine rings is 1. The molecular weight excluding hydrogens is 242 g/mol. The number of rotatable bonds is 3. The third-order valence-electron chi connectivity index (χ3n) is 4.47. The van der Waals surface area contributed by atoms with E-state index in [1.54, 1.807) is 0 Å². The van der Waals surface area contributed by atoms with Crippen molar-refractivity contribution < 1.29 is 14.7 Å². The molecule has 2 aliphatic rings. The fourth-order valence-electron chi connectivity index (χ4n) is 3.19. The topological polar surface area (TPSA) is 57.6 Å². The lowest BCUT2D eigenvalue weighted by atomic mass is 9.81. The monoisotopic (exact) mass is 265 g/mol. The SMILES string of the molecule is CCC1CCCN(C(=O)C2CC=CCC2C(=O)O)C1. The van der Waals surface area contributed by atoms with Crippen LogP contribution in [0.3, 0.4) is 0 Å². The highest BCUT2D eigenvalue weighted by Crippen LogP contribution is 2.29. The third-order valence-corrected chi connectivity index (χ3v) is 4.47. The number of carboxylic acid groups (broad SMARTS) is 1. The molecule has 0 saturated carbocycles. The first kappa shape index (κ1) is 14.1. The van der Waals surface area contributed by atoms with Crippen LogP contribution in [0.1, 0.15) is 39.0 Å². The van der Waals surface area contributed by atoms with Crippen molar-refractivity contribution in [3.8, 4) is 0 Å². The second-order valence-electron chi connectivity index (χ2n) is 5.69. The normalized spacial score (nSPS) is 31.2. The van der Waals surface area contributed by atoms with E-state index in [9.17, 15) is 14.7 Å². The number of hydrogen-bond acceptors (Lipinski definition) is 2. The molecule has 1 aliphatic carbocycles. The van der Waals surface area contributed by atoms with E-state index in [-0.39, 0.29) is 11.8 Å². The number of carbonyl (C=O) groups is 2. The molecule has 1 amide bonds. The molecule has 1 fully saturated rings. The molecule has 0 radical (unpaired) electrons. The predicted molar refractivity (Wildman–Crippen MR) is 72.6 cm³/mol. The van der Waals surface area contributed by atoms with Gasteiger partial charge in [0.15, 0.2) is 0 Å². The summed E-state index contributed by atoms with van der Waals surface area (Å²) in [7, 11) is 0. The summed E-state index contributed by atoms with van der Waals surface area (Å²) in [5, 5.41) is 9.25. The maximum absolute atomic E-state index is 12.6. The van der Waals surface area contributed by atoms with E-state index >= 15 is 0 Å². The Morgan fingerprint density at radius 3 is 2.58 bits per heavy atom. The van der Waals surface area contributed by atoms with Gasteiger partial charge in [0.25, 0.3) is 0 Å². The maximum atomic E-state index is 12.6. The Kier molecular flexibility index (Phi) is 4.61. The first-order chi connectivity index (χ1) is 9.13. The van der Waals surface area contributed by atoms with Gasteiger partial charge >= 0.3 is 5.97 Å². The predicted octanol–water partition coefficient (Wildman–Crippen LogP) is 2.30. The molecule has 0 bridgehead atoms. The molecule has 0 aromatic carbocycles. The molecule has 3 unspecified atom stereocenters. The molecule has 4 heteroatoms. The van der Waals surface area contributed by atoms with Crippen molar-refractivity contribution in [1.82, 2.24) is 4.90 Å². The fraction of sp³-hybridized carbons (Fsp3) is 0.733. The summed E-state index contributed by atoms with van der Waals surface area (Å²) in [6, 6.07) is 0. The molecule has 0 aromatic rings. The first-order valence-corrected chi connectivity index (χ1v) is 7.30. The Bertz CT molecular complexity index is 378. The zero-order valence-electron chi connectivity index (χ0n) is 11.5. The number of carbonyl (C=O) groups excluding carboxylic acids is 1. The average molecular weight is 265 g/mol. The Morgan fingerprint density at radius 1 is 1.26 bits per heavy atom. The molecule has 0 aromatic heterocycles. The van der Waals surface area contributed by atoms with Gasteiger partial charge in [0.2, 0.25) is 5.91 Å². The van der Waals surface area contributed by atoms with Gasteiger partial charge in [-0.15, -0.1) is 0 Å². The Balaban J connectivity index is 2.05. The van der Waals surface area contributed by atoms with Gasteiger partial charge in [0.05, 0.1) is 11.8 Å². The lowest BCUT2D eigenvalue weighted by Gasteiger charge is -2.36. The van der Waals surface area contributed by atoms with E-state index in [1.807, 2.05) is 17.1 Å². The average Bonchev–Trinajstić information content (AvgIpc) is 2.46. The smallest absolute Gasteiger partial charge is 0.307 e. The lowest BCUT2D eigenvalue weighted by Crippen LogP contribution is -2.46. The molecule has 106 valence electrons. The van der Waals surface area contributed by atoms with Crippen LogP contribution in [0.25, 0.3) is 0 Å². The van der Waals surface area contributed by atoms with E-state index in [0.717, 1.165) is 25.9 Å². The second kappa shape index (κ2) is 6.22. The van der Waals surface area contributed by atoms with Crippen LogP contribution in [0.5, 0.6) is 0 Å². The summed E-state index contributed by atoms with van der Waals surface area (Å²) in [6.07, 6.45) is 8.21. The first-order valence-electron chi connectivity index (χ1n) is 7.30. The molecule has 4 nitrogen and oxygen atoms in total. The molecule has 1 saturated heterocycles. The van der Waals surface area contributed by atoms with Crippen molar-refractivity contribution in [3.05, 3.63) is 12.2 Å². The minimum atomic E-state index is -0.841. The highest BCUT2D eigenvalue weighted by atomic mass is 16.4. The van der Waals surface area contributed by atoms with Gasteiger partial charge in [0.1, 0.15) is 0 Å². The molecule has 19 heavy (non-hydrogen) atoms. The molecule has 1 N–H and O–H groups in total. The number of aliphatic carboxylic acids is 1. The van der Waals surface area contributed by atoms with Gasteiger partial charge in [-0.25, -0.2) is 0 Å². The number of hydrogen-bond donors (Lipinski definition) is 1. The van der Waals surface area contributed by atoms with Crippen LogP contribution in [-0.2, 0) is 9.59 Å². The van der Waals surface area contributed by atoms with E-state index in [4.69, 9.17) is 0 Å². The summed E-state index contributed by atoms with van der Waals surface area (Å²) >= 11 is 0. The minimum Gasteiger partial charge on any atom is -0.481 e. The van der Waals surface area contributed by atoms with E-state index in [1.165, 1.54) is 6.42 Å². The van der Waals surface area contributed by atoms with Crippen molar-refractivity contribution in [2.24, 2.45) is 17.8 Å². The van der Waals surface area contributed by atoms with Crippen LogP contribution in [0.2, 0.25) is 0 Å². The van der Waals surface area contributed by atoms with Crippen molar-refractivity contribution in [2.75, 3.05) is 13.1 Å². The third kappa shape index (κ3) is 3.17. The zero-order chi connectivity index (χ0) is 13.8. The summed E-state index contributed by atoms with van der Waals surface area (Å²) in [5.74, 6) is -1.11. The molecule has 1 heterocycles. The standard InChI is InChI=1S/C15H23NO3/c1-2-11-6-5-9-16(10-11)14(17)12-7-3-4-8-13(12)15(18)19/h3-4,11-13H,2,5-10H2,1H3,(H,18,19). The molecule has 3 atom stereocenters. The van der Waals surface area contributed by atoms with Crippen LogP contribution in [0, 0.1) is 17.8 Å². The fourth-order valence-corrected chi connectivity index (χ4v) is 3.19. The second-order valence-corrected chi connectivity index (χ2v) is 5.69. The van der Waals surface area contributed by atoms with Crippen LogP contribution in [0.15, 0.2) is 12.2 Å². The molecular formula is C15H23NO3. The maximum Gasteiger partial charge on any atom is 0.307 e. The van der Waals surface area contributed by atoms with Gasteiger partial charge in [-0.2, -0.15) is 0 Å². The summed E-state index contributed by atoms with van der Waals surface area (Å²) in [6.45, 7) is 3.76. The quantitative estimate of drug-likeness (QED) is 0.797. The van der Waals surface area contributed by atoms with Gasteiger partial charge in [0, 0.05) is 13.1 Å². The highest BCUT2D eigenvalue weighted by Gasteiger charge is 2.37. The molecule has 0 spiro atoms. The Morgan fingerprint density at radius 2 is 1.95 bits per heavy atom. The van der Waals surface area contributed by atoms with Gasteiger partial charge in [-0.05, 0) is 31.6 Å². The van der Waals surface area contributed by atoms with Crippen LogP contribution >= 0.6 is 0 Å². The van der Waals surface area contributed by atoms with Gasteiger partial charge in [-0.1, -0.05) is 25.5 Å². The van der Waals surface area contributed by atoms with Gasteiger partial charge < -0.3 is 10.0 Å². The minimum absolute atomic E-state index is 0.0508. The van der Waals surface area contributed by atoms with E-state index < -0.39 is 11.9 Å². The van der Waals surface area contributed by atoms with Crippen LogP contribution in [0.4, 0.5) is 0 Å². The van der Waals surface area contributed by atoms with Crippen molar-refractivity contribution >= 4 is 11.9 Å². The lowest BCUT2D eigenvalue weighted by molar-refractivity contribution is -0.151. The van der Waals surface area contributed by atoms with Crippen molar-refractivity contribution in [2.45, 2.75) is 39.0 Å². The Labute approximate surface area is 114 Å². The number of carboxylic acids is 1. The highest BCUT2D eigenvalue weighted by molar-refractivity contribution is 5.85. The summed E-state index contributed by atoms with van der Waals surface area (Å²) in [4.78, 5) is 25.7. The summed E-state index contributed by atoms with van der Waals surface area (Å²) < 4.78 is 0. The van der Waals surface area contributed by atoms with Crippen molar-refractivity contribution in [1.29, 1.82) is 0 Å². The van der Waals surface area contributed by atoms with Crippen LogP contribution < -0.4 is 0 Å². The summed E-state index contributed by atoms with van der Waals surface area (Å²) in [5.41, 5.74) is 0. The van der Waals surface area contributed by atoms with Crippen molar-refractivity contribution in [3.63, 3.8) is 0 Å². The molecule has 1 aliphatic heterocycles. The van der Waals surface area contributed by atoms with E-state index in [2.05, 4.69) is 6.92 Å². The number of nitrogens with zero attached hydrogens (tertiary/aromatic N) is 1. The van der Waals surface area contributed by atoms with Crippen LogP contribution in [-0.4, -0.2) is 35.0 Å². The van der Waals surface area contributed by atoms with Gasteiger partial charge in [-0.3, -0.25) is 9.59 Å². The zero-order valence-corrected chi connectivity index (χ0v) is 11.5. The van der Waals surface area contributed by atoms with E-state index in [0.29, 0.717) is 18.8 Å². The largest absolute Gasteiger partial charge is 0.481 e. The number of likely N-dealkylation sites (tertiary alicyclic amines) is 1. The Hall–Kier alpha value is -1.32. The number of allylic oxidation sites excluding steroid dienone is 2.